The number of anilines is 3. The third-order valence-electron chi connectivity index (χ3n) is 2.19. The molecule has 0 atom stereocenters. The summed E-state index contributed by atoms with van der Waals surface area (Å²) < 4.78 is 14.0. The van der Waals surface area contributed by atoms with E-state index in [-0.39, 0.29) is 5.02 Å². The van der Waals surface area contributed by atoms with Crippen molar-refractivity contribution in [2.24, 2.45) is 0 Å². The molecule has 5 heteroatoms. The molecule has 0 aromatic heterocycles. The Balaban J connectivity index is 2.28. The second kappa shape index (κ2) is 5.10. The van der Waals surface area contributed by atoms with Gasteiger partial charge >= 0.3 is 0 Å². The highest BCUT2D eigenvalue weighted by Gasteiger charge is 2.03. The van der Waals surface area contributed by atoms with Crippen LogP contribution in [0.25, 0.3) is 0 Å². The maximum absolute atomic E-state index is 13.0. The van der Waals surface area contributed by atoms with E-state index < -0.39 is 5.82 Å². The number of rotatable bonds is 2. The average molecular weight is 363 g/mol. The Morgan fingerprint density at radius 1 is 1.18 bits per heavy atom. The zero-order valence-corrected chi connectivity index (χ0v) is 11.6. The minimum atomic E-state index is -0.427. The Hall–Kier alpha value is -1.01. The fraction of sp³-hybridized carbons (Fsp3) is 0. The number of nitrogens with two attached hydrogens (primary N) is 1. The van der Waals surface area contributed by atoms with Crippen LogP contribution in [0.15, 0.2) is 36.4 Å². The molecule has 2 nitrogen and oxygen atoms in total. The summed E-state index contributed by atoms with van der Waals surface area (Å²) in [7, 11) is 0. The predicted molar refractivity (Wildman–Crippen MR) is 78.3 cm³/mol. The fourth-order valence-corrected chi connectivity index (χ4v) is 2.22. The lowest BCUT2D eigenvalue weighted by Crippen LogP contribution is -1.95. The normalized spacial score (nSPS) is 10.3. The van der Waals surface area contributed by atoms with Crippen LogP contribution in [0.5, 0.6) is 0 Å². The molecule has 0 saturated heterocycles. The number of nitrogen functional groups attached to an aromatic ring is 1. The molecule has 17 heavy (non-hydrogen) atoms. The van der Waals surface area contributed by atoms with Crippen LogP contribution in [0.2, 0.25) is 5.02 Å². The molecule has 0 radical (unpaired) electrons. The van der Waals surface area contributed by atoms with Gasteiger partial charge in [-0.05, 0) is 59.0 Å². The predicted octanol–water partition coefficient (Wildman–Crippen LogP) is 4.41. The summed E-state index contributed by atoms with van der Waals surface area (Å²) in [5, 5.41) is 3.25. The van der Waals surface area contributed by atoms with Crippen molar-refractivity contribution in [2.45, 2.75) is 0 Å². The Morgan fingerprint density at radius 2 is 1.94 bits per heavy atom. The van der Waals surface area contributed by atoms with Crippen LogP contribution in [0.4, 0.5) is 21.5 Å². The van der Waals surface area contributed by atoms with Crippen LogP contribution in [0, 0.1) is 9.39 Å². The van der Waals surface area contributed by atoms with Crippen molar-refractivity contribution in [3.8, 4) is 0 Å². The maximum atomic E-state index is 13.0. The molecule has 2 aromatic rings. The van der Waals surface area contributed by atoms with E-state index in [4.69, 9.17) is 17.3 Å². The van der Waals surface area contributed by atoms with Gasteiger partial charge in [-0.3, -0.25) is 0 Å². The van der Waals surface area contributed by atoms with Gasteiger partial charge in [-0.1, -0.05) is 11.6 Å². The standard InChI is InChI=1S/C12H9ClFIN2/c13-9-6-8(2-3-10(9)14)17-12-4-1-7(16)5-11(12)15/h1-6,17H,16H2. The van der Waals surface area contributed by atoms with Gasteiger partial charge in [0, 0.05) is 14.9 Å². The Morgan fingerprint density at radius 3 is 2.59 bits per heavy atom. The van der Waals surface area contributed by atoms with Gasteiger partial charge in [-0.2, -0.15) is 0 Å². The molecule has 2 aromatic carbocycles. The Bertz CT molecular complexity index is 560. The molecule has 2 rings (SSSR count). The van der Waals surface area contributed by atoms with Crippen molar-refractivity contribution < 1.29 is 4.39 Å². The second-order valence-electron chi connectivity index (χ2n) is 3.49. The summed E-state index contributed by atoms with van der Waals surface area (Å²) in [6.45, 7) is 0. The molecule has 0 spiro atoms. The van der Waals surface area contributed by atoms with Crippen molar-refractivity contribution >= 4 is 51.3 Å². The van der Waals surface area contributed by atoms with Gasteiger partial charge in [-0.15, -0.1) is 0 Å². The first kappa shape index (κ1) is 12.4. The molecule has 0 bridgehead atoms. The van der Waals surface area contributed by atoms with E-state index in [1.807, 2.05) is 12.1 Å². The smallest absolute Gasteiger partial charge is 0.141 e. The van der Waals surface area contributed by atoms with Gasteiger partial charge in [0.1, 0.15) is 5.82 Å². The van der Waals surface area contributed by atoms with Gasteiger partial charge in [0.15, 0.2) is 0 Å². The summed E-state index contributed by atoms with van der Waals surface area (Å²) in [5.74, 6) is -0.427. The minimum Gasteiger partial charge on any atom is -0.399 e. The molecular formula is C12H9ClFIN2. The summed E-state index contributed by atoms with van der Waals surface area (Å²) in [6, 6.07) is 10.0. The number of halogens is 3. The van der Waals surface area contributed by atoms with Crippen molar-refractivity contribution in [2.75, 3.05) is 11.1 Å². The lowest BCUT2D eigenvalue weighted by Gasteiger charge is -2.09. The maximum Gasteiger partial charge on any atom is 0.141 e. The minimum absolute atomic E-state index is 0.0976. The summed E-state index contributed by atoms with van der Waals surface area (Å²) in [6.07, 6.45) is 0. The summed E-state index contributed by atoms with van der Waals surface area (Å²) >= 11 is 7.89. The first-order valence-electron chi connectivity index (χ1n) is 4.83. The highest BCUT2D eigenvalue weighted by Crippen LogP contribution is 2.26. The van der Waals surface area contributed by atoms with Gasteiger partial charge in [0.2, 0.25) is 0 Å². The van der Waals surface area contributed by atoms with Crippen molar-refractivity contribution in [3.05, 3.63) is 50.8 Å². The SMILES string of the molecule is Nc1ccc(Nc2ccc(F)c(Cl)c2)c(I)c1. The Kier molecular flexibility index (Phi) is 3.73. The lowest BCUT2D eigenvalue weighted by atomic mass is 10.2. The highest BCUT2D eigenvalue weighted by atomic mass is 127. The summed E-state index contributed by atoms with van der Waals surface area (Å²) in [5.41, 5.74) is 8.01. The van der Waals surface area contributed by atoms with Crippen LogP contribution in [0.3, 0.4) is 0 Å². The zero-order valence-electron chi connectivity index (χ0n) is 8.68. The molecule has 3 N–H and O–H groups in total. The van der Waals surface area contributed by atoms with Crippen LogP contribution in [0.1, 0.15) is 0 Å². The van der Waals surface area contributed by atoms with Gasteiger partial charge < -0.3 is 11.1 Å². The molecule has 0 aliphatic heterocycles. The van der Waals surface area contributed by atoms with Crippen LogP contribution >= 0.6 is 34.2 Å². The topological polar surface area (TPSA) is 38.0 Å². The molecular weight excluding hydrogens is 354 g/mol. The Labute approximate surface area is 117 Å². The van der Waals surface area contributed by atoms with Crippen molar-refractivity contribution in [1.82, 2.24) is 0 Å². The number of hydrogen-bond donors (Lipinski definition) is 2. The van der Waals surface area contributed by atoms with Crippen LogP contribution in [-0.2, 0) is 0 Å². The molecule has 0 fully saturated rings. The quantitative estimate of drug-likeness (QED) is 0.613. The molecule has 0 unspecified atom stereocenters. The monoisotopic (exact) mass is 362 g/mol. The van der Waals surface area contributed by atoms with Crippen LogP contribution < -0.4 is 11.1 Å². The van der Waals surface area contributed by atoms with E-state index in [9.17, 15) is 4.39 Å². The van der Waals surface area contributed by atoms with E-state index in [1.165, 1.54) is 6.07 Å². The zero-order chi connectivity index (χ0) is 12.4. The molecule has 0 amide bonds. The van der Waals surface area contributed by atoms with E-state index in [0.717, 1.165) is 14.9 Å². The molecule has 0 aliphatic carbocycles. The van der Waals surface area contributed by atoms with E-state index in [1.54, 1.807) is 18.2 Å². The van der Waals surface area contributed by atoms with Crippen molar-refractivity contribution in [3.63, 3.8) is 0 Å². The molecule has 0 saturated carbocycles. The molecule has 0 aliphatic rings. The van der Waals surface area contributed by atoms with Crippen molar-refractivity contribution in [1.29, 1.82) is 0 Å². The van der Waals surface area contributed by atoms with Gasteiger partial charge in [0.25, 0.3) is 0 Å². The third kappa shape index (κ3) is 3.01. The largest absolute Gasteiger partial charge is 0.399 e. The fourth-order valence-electron chi connectivity index (χ4n) is 1.36. The first-order valence-corrected chi connectivity index (χ1v) is 6.29. The average Bonchev–Trinajstić information content (AvgIpc) is 2.27. The number of nitrogens with one attached hydrogen (secondary N) is 1. The molecule has 88 valence electrons. The number of hydrogen-bond acceptors (Lipinski definition) is 2. The molecule has 0 heterocycles. The van der Waals surface area contributed by atoms with E-state index in [2.05, 4.69) is 27.9 Å². The first-order chi connectivity index (χ1) is 8.06. The van der Waals surface area contributed by atoms with E-state index >= 15 is 0 Å². The van der Waals surface area contributed by atoms with Gasteiger partial charge in [-0.25, -0.2) is 4.39 Å². The van der Waals surface area contributed by atoms with Crippen LogP contribution in [-0.4, -0.2) is 0 Å². The van der Waals surface area contributed by atoms with E-state index in [0.29, 0.717) is 5.69 Å². The number of benzene rings is 2. The third-order valence-corrected chi connectivity index (χ3v) is 3.37. The van der Waals surface area contributed by atoms with Gasteiger partial charge in [0.05, 0.1) is 10.7 Å². The lowest BCUT2D eigenvalue weighted by molar-refractivity contribution is 0.628. The highest BCUT2D eigenvalue weighted by molar-refractivity contribution is 14.1. The summed E-state index contributed by atoms with van der Waals surface area (Å²) in [4.78, 5) is 0. The second-order valence-corrected chi connectivity index (χ2v) is 5.06.